The molecule has 0 aromatic carbocycles. The van der Waals surface area contributed by atoms with E-state index in [1.165, 1.54) is 11.0 Å². The Morgan fingerprint density at radius 1 is 0.662 bits per heavy atom. The zero-order valence-corrected chi connectivity index (χ0v) is 40.8. The zero-order valence-electron chi connectivity index (χ0n) is 40.8. The summed E-state index contributed by atoms with van der Waals surface area (Å²) in [5, 5.41) is 15.2. The number of nitrogens with zero attached hydrogens (tertiary/aromatic N) is 1. The molecule has 1 aliphatic heterocycles. The quantitative estimate of drug-likeness (QED) is 0.0394. The van der Waals surface area contributed by atoms with Gasteiger partial charge in [0.2, 0.25) is 35.3 Å². The van der Waals surface area contributed by atoms with Crippen molar-refractivity contribution in [3.8, 4) is 0 Å². The standard InChI is InChI=1S/C45H75N7O13/c1-16-22-46-40(60)35(55)27(17-2)47-38(58)30-19-18-23-52(30)41(61)34(26(5)6)51-39(59)33(25(3)4)50-36(56)28(20-21-31(53)63-43(7,8)9)48-37(57)29(24-32(54)64-44(10,11)12)49-42(62)65-45(13,14)15/h16,25-30,33-34H,1,17-24H2,2-15H3,(H,46,60)(H,47,58)(H,48,57)(H,49,62)(H,50,56)(H,51,59)/t27-,28-,29-,30-,33-,34-/m0/s1. The SMILES string of the molecule is C=CCNC(=O)C(=O)[C@H](CC)NC(=O)[C@@H]1CCCN1C(=O)[C@@H](NC(=O)[C@@H](NC(=O)[C@H](CCC(=O)OC(C)(C)C)NC(=O)[C@H](CC(=O)OC(C)(C)C)NC(=O)OC(C)(C)C)C(C)C)C(C)C. The molecule has 0 saturated carbocycles. The summed E-state index contributed by atoms with van der Waals surface area (Å²) in [5.41, 5.74) is -2.80. The Morgan fingerprint density at radius 3 is 1.69 bits per heavy atom. The molecule has 0 spiro atoms. The molecule has 368 valence electrons. The second kappa shape index (κ2) is 25.2. The van der Waals surface area contributed by atoms with Crippen molar-refractivity contribution in [2.45, 2.75) is 189 Å². The Labute approximate surface area is 383 Å². The lowest BCUT2D eigenvalue weighted by atomic mass is 9.98. The molecule has 1 rings (SSSR count). The Balaban J connectivity index is 3.44. The van der Waals surface area contributed by atoms with Gasteiger partial charge < -0.3 is 51.0 Å². The monoisotopic (exact) mass is 922 g/mol. The summed E-state index contributed by atoms with van der Waals surface area (Å²) in [5.74, 6) is -8.30. The first-order valence-electron chi connectivity index (χ1n) is 22.2. The van der Waals surface area contributed by atoms with Crippen LogP contribution in [0.25, 0.3) is 0 Å². The zero-order chi connectivity index (χ0) is 50.2. The molecule has 1 saturated heterocycles. The first-order chi connectivity index (χ1) is 29.8. The molecule has 65 heavy (non-hydrogen) atoms. The van der Waals surface area contributed by atoms with Gasteiger partial charge in [0.25, 0.3) is 5.91 Å². The van der Waals surface area contributed by atoms with Gasteiger partial charge in [0.1, 0.15) is 47.0 Å². The van der Waals surface area contributed by atoms with Crippen LogP contribution in [0, 0.1) is 11.8 Å². The molecule has 1 aliphatic rings. The second-order valence-corrected chi connectivity index (χ2v) is 19.7. The summed E-state index contributed by atoms with van der Waals surface area (Å²) in [7, 11) is 0. The van der Waals surface area contributed by atoms with Gasteiger partial charge >= 0.3 is 18.0 Å². The third kappa shape index (κ3) is 20.9. The number of nitrogens with one attached hydrogen (secondary N) is 6. The maximum absolute atomic E-state index is 14.2. The molecule has 20 heteroatoms. The van der Waals surface area contributed by atoms with Crippen molar-refractivity contribution in [3.05, 3.63) is 12.7 Å². The first-order valence-corrected chi connectivity index (χ1v) is 22.2. The number of ketones is 1. The number of rotatable bonds is 22. The first kappa shape index (κ1) is 57.5. The van der Waals surface area contributed by atoms with E-state index in [1.807, 2.05) is 0 Å². The fourth-order valence-electron chi connectivity index (χ4n) is 6.46. The normalized spacial score (nSPS) is 16.4. The molecule has 0 bridgehead atoms. The lowest BCUT2D eigenvalue weighted by molar-refractivity contribution is -0.156. The smallest absolute Gasteiger partial charge is 0.408 e. The van der Waals surface area contributed by atoms with Gasteiger partial charge in [-0.2, -0.15) is 0 Å². The van der Waals surface area contributed by atoms with Crippen molar-refractivity contribution in [3.63, 3.8) is 0 Å². The predicted octanol–water partition coefficient (Wildman–Crippen LogP) is 2.26. The number of esters is 2. The van der Waals surface area contributed by atoms with Crippen LogP contribution in [0.1, 0.15) is 135 Å². The molecule has 6 N–H and O–H groups in total. The van der Waals surface area contributed by atoms with Crippen molar-refractivity contribution in [2.24, 2.45) is 11.8 Å². The fourth-order valence-corrected chi connectivity index (χ4v) is 6.46. The van der Waals surface area contributed by atoms with Crippen LogP contribution in [0.2, 0.25) is 0 Å². The van der Waals surface area contributed by atoms with Gasteiger partial charge in [0, 0.05) is 19.5 Å². The molecule has 0 aliphatic carbocycles. The molecule has 1 fully saturated rings. The van der Waals surface area contributed by atoms with Gasteiger partial charge in [-0.1, -0.05) is 40.7 Å². The fraction of sp³-hybridized carbons (Fsp3) is 0.733. The number of likely N-dealkylation sites (tertiary alicyclic amines) is 1. The van der Waals surface area contributed by atoms with Crippen LogP contribution in [0.3, 0.4) is 0 Å². The Morgan fingerprint density at radius 2 is 1.18 bits per heavy atom. The van der Waals surface area contributed by atoms with Crippen LogP contribution in [-0.4, -0.2) is 130 Å². The number of amides is 7. The van der Waals surface area contributed by atoms with Crippen LogP contribution in [0.5, 0.6) is 0 Å². The van der Waals surface area contributed by atoms with E-state index in [0.29, 0.717) is 6.42 Å². The molecule has 0 aromatic rings. The average Bonchev–Trinajstić information content (AvgIpc) is 3.65. The van der Waals surface area contributed by atoms with Crippen molar-refractivity contribution in [2.75, 3.05) is 13.1 Å². The van der Waals surface area contributed by atoms with Gasteiger partial charge in [-0.05, 0) is 99.8 Å². The van der Waals surface area contributed by atoms with E-state index in [1.54, 1.807) is 96.9 Å². The molecule has 7 amide bonds. The van der Waals surface area contributed by atoms with Crippen LogP contribution in [-0.2, 0) is 57.4 Å². The van der Waals surface area contributed by atoms with Gasteiger partial charge in [-0.15, -0.1) is 6.58 Å². The van der Waals surface area contributed by atoms with Crippen LogP contribution < -0.4 is 31.9 Å². The minimum absolute atomic E-state index is 0.0572. The van der Waals surface area contributed by atoms with Crippen molar-refractivity contribution in [1.29, 1.82) is 0 Å². The maximum atomic E-state index is 14.2. The largest absolute Gasteiger partial charge is 0.460 e. The van der Waals surface area contributed by atoms with Gasteiger partial charge in [-0.25, -0.2) is 4.79 Å². The lowest BCUT2D eigenvalue weighted by Crippen LogP contribution is -2.61. The second-order valence-electron chi connectivity index (χ2n) is 19.7. The maximum Gasteiger partial charge on any atom is 0.408 e. The summed E-state index contributed by atoms with van der Waals surface area (Å²) >= 11 is 0. The van der Waals surface area contributed by atoms with E-state index < -0.39 is 131 Å². The minimum Gasteiger partial charge on any atom is -0.460 e. The number of carbonyl (C=O) groups is 10. The van der Waals surface area contributed by atoms with Gasteiger partial charge in [-0.3, -0.25) is 43.2 Å². The van der Waals surface area contributed by atoms with Crippen molar-refractivity contribution < 1.29 is 62.2 Å². The van der Waals surface area contributed by atoms with Crippen LogP contribution >= 0.6 is 0 Å². The molecule has 20 nitrogen and oxygen atoms in total. The number of hydrogen-bond donors (Lipinski definition) is 6. The Hall–Kier alpha value is -5.56. The molecule has 0 aromatic heterocycles. The number of Topliss-reactive ketones (excluding diaryl/α,β-unsaturated/α-hetero) is 1. The molecule has 0 unspecified atom stereocenters. The highest BCUT2D eigenvalue weighted by molar-refractivity contribution is 6.38. The minimum atomic E-state index is -1.61. The molecular formula is C45H75N7O13. The van der Waals surface area contributed by atoms with Gasteiger partial charge in [0.15, 0.2) is 0 Å². The van der Waals surface area contributed by atoms with Crippen LogP contribution in [0.4, 0.5) is 4.79 Å². The number of alkyl carbamates (subject to hydrolysis) is 1. The highest BCUT2D eigenvalue weighted by Gasteiger charge is 2.41. The van der Waals surface area contributed by atoms with E-state index in [0.717, 1.165) is 0 Å². The van der Waals surface area contributed by atoms with E-state index in [4.69, 9.17) is 14.2 Å². The summed E-state index contributed by atoms with van der Waals surface area (Å²) in [6, 6.07) is -7.77. The Bertz CT molecular complexity index is 1710. The summed E-state index contributed by atoms with van der Waals surface area (Å²) in [4.78, 5) is 135. The topological polar surface area (TPSA) is 274 Å². The van der Waals surface area contributed by atoms with Gasteiger partial charge in [0.05, 0.1) is 12.5 Å². The third-order valence-electron chi connectivity index (χ3n) is 9.48. The summed E-state index contributed by atoms with van der Waals surface area (Å²) in [6.07, 6.45) is -0.171. The lowest BCUT2D eigenvalue weighted by Gasteiger charge is -2.33. The summed E-state index contributed by atoms with van der Waals surface area (Å²) < 4.78 is 16.1. The van der Waals surface area contributed by atoms with E-state index in [-0.39, 0.29) is 38.8 Å². The number of ether oxygens (including phenoxy) is 3. The van der Waals surface area contributed by atoms with Crippen molar-refractivity contribution in [1.82, 2.24) is 36.8 Å². The molecule has 1 heterocycles. The van der Waals surface area contributed by atoms with E-state index in [9.17, 15) is 47.9 Å². The van der Waals surface area contributed by atoms with Crippen LogP contribution in [0.15, 0.2) is 12.7 Å². The van der Waals surface area contributed by atoms with E-state index >= 15 is 0 Å². The molecule has 6 atom stereocenters. The molecule has 0 radical (unpaired) electrons. The Kier molecular flexibility index (Phi) is 22.3. The highest BCUT2D eigenvalue weighted by Crippen LogP contribution is 2.22. The highest BCUT2D eigenvalue weighted by atomic mass is 16.6. The van der Waals surface area contributed by atoms with E-state index in [2.05, 4.69) is 38.5 Å². The summed E-state index contributed by atoms with van der Waals surface area (Å²) in [6.45, 7) is 26.6. The number of hydrogen-bond acceptors (Lipinski definition) is 13. The molecular weight excluding hydrogens is 847 g/mol. The number of carbonyl (C=O) groups excluding carboxylic acids is 10. The predicted molar refractivity (Wildman–Crippen MR) is 239 cm³/mol. The average molecular weight is 922 g/mol. The third-order valence-corrected chi connectivity index (χ3v) is 9.48. The van der Waals surface area contributed by atoms with Crippen molar-refractivity contribution >= 4 is 59.3 Å².